The fraction of sp³-hybridized carbons (Fsp3) is 0.318. The van der Waals surface area contributed by atoms with E-state index < -0.39 is 28.7 Å². The third-order valence-electron chi connectivity index (χ3n) is 4.65. The van der Waals surface area contributed by atoms with Gasteiger partial charge in [-0.1, -0.05) is 31.5 Å². The van der Waals surface area contributed by atoms with Gasteiger partial charge in [0.05, 0.1) is 22.9 Å². The maximum Gasteiger partial charge on any atom is 0.417 e. The highest BCUT2D eigenvalue weighted by atomic mass is 32.1. The molecule has 0 unspecified atom stereocenters. The fourth-order valence-corrected chi connectivity index (χ4v) is 3.68. The summed E-state index contributed by atoms with van der Waals surface area (Å²) >= 11 is 5.47. The maximum absolute atomic E-state index is 13.3. The molecule has 3 rings (SSSR count). The van der Waals surface area contributed by atoms with Crippen LogP contribution in [0.4, 0.5) is 24.5 Å². The Morgan fingerprint density at radius 2 is 1.57 bits per heavy atom. The summed E-state index contributed by atoms with van der Waals surface area (Å²) in [4.78, 5) is 15.8. The van der Waals surface area contributed by atoms with E-state index in [1.54, 1.807) is 30.9 Å². The summed E-state index contributed by atoms with van der Waals surface area (Å²) in [5, 5.41) is 9.05. The Kier molecular flexibility index (Phi) is 6.57. The highest BCUT2D eigenvalue weighted by Gasteiger charge is 2.50. The smallest absolute Gasteiger partial charge is 0.304 e. The molecule has 0 saturated carbocycles. The normalized spacial score (nSPS) is 15.6. The molecule has 1 heterocycles. The number of hydrogen-bond acceptors (Lipinski definition) is 3. The lowest BCUT2D eigenvalue weighted by Gasteiger charge is -2.29. The Hall–Kier alpha value is -2.92. The standard InChI is InChI=1S/C20H16F3N3OS.C2H6/c1-12-4-7-14(8-5-12)26-18(28)25(17(27)19(26,2)3)15-9-6-13(11-24)16(10-15)20(21,22)23;1-2/h4-10H,1-3H3;1-2H3. The number of thiocarbonyl (C=S) groups is 1. The van der Waals surface area contributed by atoms with Crippen molar-refractivity contribution in [2.45, 2.75) is 46.3 Å². The second-order valence-corrected chi connectivity index (χ2v) is 7.36. The van der Waals surface area contributed by atoms with Crippen LogP contribution in [0.25, 0.3) is 0 Å². The monoisotopic (exact) mass is 433 g/mol. The molecule has 2 aromatic rings. The van der Waals surface area contributed by atoms with Crippen molar-refractivity contribution in [1.82, 2.24) is 0 Å². The Bertz CT molecular complexity index is 1010. The van der Waals surface area contributed by atoms with Gasteiger partial charge in [0.25, 0.3) is 5.91 Å². The zero-order valence-electron chi connectivity index (χ0n) is 17.3. The first-order valence-corrected chi connectivity index (χ1v) is 9.76. The summed E-state index contributed by atoms with van der Waals surface area (Å²) in [6, 6.07) is 12.0. The number of alkyl halides is 3. The van der Waals surface area contributed by atoms with Crippen LogP contribution in [-0.4, -0.2) is 16.6 Å². The Balaban J connectivity index is 0.00000155. The average Bonchev–Trinajstić information content (AvgIpc) is 2.87. The molecule has 8 heteroatoms. The number of rotatable bonds is 2. The number of nitrogens with zero attached hydrogens (tertiary/aromatic N) is 3. The Morgan fingerprint density at radius 1 is 1.03 bits per heavy atom. The predicted octanol–water partition coefficient (Wildman–Crippen LogP) is 5.83. The van der Waals surface area contributed by atoms with E-state index in [2.05, 4.69) is 0 Å². The molecule has 1 amide bonds. The summed E-state index contributed by atoms with van der Waals surface area (Å²) < 4.78 is 40.0. The number of amides is 1. The minimum absolute atomic E-state index is 0.0241. The fourth-order valence-electron chi connectivity index (χ4n) is 3.15. The molecule has 4 nitrogen and oxygen atoms in total. The number of benzene rings is 2. The number of anilines is 2. The summed E-state index contributed by atoms with van der Waals surface area (Å²) in [5.41, 5.74) is -1.03. The molecule has 1 fully saturated rings. The van der Waals surface area contributed by atoms with E-state index in [4.69, 9.17) is 17.5 Å². The van der Waals surface area contributed by atoms with Crippen LogP contribution in [0, 0.1) is 18.3 Å². The van der Waals surface area contributed by atoms with Crippen LogP contribution in [-0.2, 0) is 11.0 Å². The molecule has 158 valence electrons. The van der Waals surface area contributed by atoms with Crippen molar-refractivity contribution < 1.29 is 18.0 Å². The first-order chi connectivity index (χ1) is 14.0. The van der Waals surface area contributed by atoms with Gasteiger partial charge in [0.2, 0.25) is 0 Å². The number of aryl methyl sites for hydroxylation is 1. The van der Waals surface area contributed by atoms with Crippen molar-refractivity contribution in [2.24, 2.45) is 0 Å². The van der Waals surface area contributed by atoms with Crippen LogP contribution in [0.15, 0.2) is 42.5 Å². The van der Waals surface area contributed by atoms with Crippen LogP contribution >= 0.6 is 12.2 Å². The van der Waals surface area contributed by atoms with Gasteiger partial charge in [0, 0.05) is 5.69 Å². The van der Waals surface area contributed by atoms with Gasteiger partial charge < -0.3 is 4.90 Å². The molecule has 0 bridgehead atoms. The van der Waals surface area contributed by atoms with E-state index in [9.17, 15) is 18.0 Å². The molecule has 0 spiro atoms. The van der Waals surface area contributed by atoms with Crippen molar-refractivity contribution in [2.75, 3.05) is 9.80 Å². The van der Waals surface area contributed by atoms with Crippen molar-refractivity contribution in [3.8, 4) is 6.07 Å². The molecule has 30 heavy (non-hydrogen) atoms. The van der Waals surface area contributed by atoms with Gasteiger partial charge in [-0.15, -0.1) is 0 Å². The molecule has 0 N–H and O–H groups in total. The van der Waals surface area contributed by atoms with Crippen LogP contribution in [0.2, 0.25) is 0 Å². The molecule has 0 radical (unpaired) electrons. The Labute approximate surface area is 179 Å². The number of hydrogen-bond donors (Lipinski definition) is 0. The van der Waals surface area contributed by atoms with Crippen LogP contribution < -0.4 is 9.80 Å². The molecule has 0 aliphatic carbocycles. The number of carbonyl (C=O) groups is 1. The largest absolute Gasteiger partial charge is 0.417 e. The first-order valence-electron chi connectivity index (χ1n) is 9.35. The van der Waals surface area contributed by atoms with Crippen LogP contribution in [0.5, 0.6) is 0 Å². The topological polar surface area (TPSA) is 47.3 Å². The predicted molar refractivity (Wildman–Crippen MR) is 115 cm³/mol. The quantitative estimate of drug-likeness (QED) is 0.559. The molecule has 1 aliphatic rings. The van der Waals surface area contributed by atoms with Gasteiger partial charge in [0.1, 0.15) is 5.54 Å². The van der Waals surface area contributed by atoms with E-state index in [0.717, 1.165) is 22.6 Å². The van der Waals surface area contributed by atoms with E-state index in [-0.39, 0.29) is 10.8 Å². The summed E-state index contributed by atoms with van der Waals surface area (Å²) in [6.07, 6.45) is -4.72. The van der Waals surface area contributed by atoms with Gasteiger partial charge in [-0.05, 0) is 63.3 Å². The van der Waals surface area contributed by atoms with E-state index in [1.807, 2.05) is 32.9 Å². The van der Waals surface area contributed by atoms with E-state index in [0.29, 0.717) is 5.69 Å². The highest BCUT2D eigenvalue weighted by Crippen LogP contribution is 2.39. The zero-order valence-corrected chi connectivity index (χ0v) is 18.1. The lowest BCUT2D eigenvalue weighted by molar-refractivity contribution is -0.137. The van der Waals surface area contributed by atoms with Crippen LogP contribution in [0.3, 0.4) is 0 Å². The van der Waals surface area contributed by atoms with Crippen molar-refractivity contribution in [1.29, 1.82) is 5.26 Å². The number of nitriles is 1. The van der Waals surface area contributed by atoms with E-state index in [1.165, 1.54) is 12.1 Å². The lowest BCUT2D eigenvalue weighted by atomic mass is 10.0. The lowest BCUT2D eigenvalue weighted by Crippen LogP contribution is -2.44. The Morgan fingerprint density at radius 3 is 2.07 bits per heavy atom. The van der Waals surface area contributed by atoms with Gasteiger partial charge >= 0.3 is 6.18 Å². The molecular formula is C22H22F3N3OS. The summed E-state index contributed by atoms with van der Waals surface area (Å²) in [6.45, 7) is 9.25. The average molecular weight is 433 g/mol. The molecule has 1 saturated heterocycles. The van der Waals surface area contributed by atoms with Crippen molar-refractivity contribution >= 4 is 34.6 Å². The van der Waals surface area contributed by atoms with Gasteiger partial charge in [-0.2, -0.15) is 18.4 Å². The second kappa shape index (κ2) is 8.44. The highest BCUT2D eigenvalue weighted by molar-refractivity contribution is 7.81. The first kappa shape index (κ1) is 23.4. The molecular weight excluding hydrogens is 411 g/mol. The van der Waals surface area contributed by atoms with Gasteiger partial charge in [0.15, 0.2) is 5.11 Å². The molecule has 1 aliphatic heterocycles. The third-order valence-corrected chi connectivity index (χ3v) is 5.01. The zero-order chi connectivity index (χ0) is 22.9. The van der Waals surface area contributed by atoms with Gasteiger partial charge in [-0.25, -0.2) is 0 Å². The number of halogens is 3. The van der Waals surface area contributed by atoms with Gasteiger partial charge in [-0.3, -0.25) is 9.69 Å². The van der Waals surface area contributed by atoms with Crippen LogP contribution in [0.1, 0.15) is 44.4 Å². The summed E-state index contributed by atoms with van der Waals surface area (Å²) in [5.74, 6) is -0.448. The van der Waals surface area contributed by atoms with Crippen molar-refractivity contribution in [3.63, 3.8) is 0 Å². The second-order valence-electron chi connectivity index (χ2n) is 6.99. The SMILES string of the molecule is CC.Cc1ccc(N2C(=S)N(c3ccc(C#N)c(C(F)(F)F)c3)C(=O)C2(C)C)cc1. The minimum Gasteiger partial charge on any atom is -0.304 e. The molecule has 0 aromatic heterocycles. The third kappa shape index (κ3) is 4.03. The molecule has 0 atom stereocenters. The van der Waals surface area contributed by atoms with Crippen molar-refractivity contribution in [3.05, 3.63) is 59.2 Å². The maximum atomic E-state index is 13.3. The van der Waals surface area contributed by atoms with E-state index >= 15 is 0 Å². The molecule has 2 aromatic carbocycles. The minimum atomic E-state index is -4.72. The number of carbonyl (C=O) groups excluding carboxylic acids is 1. The summed E-state index contributed by atoms with van der Waals surface area (Å²) in [7, 11) is 0.